The molecule has 1 aromatic rings. The van der Waals surface area contributed by atoms with Crippen LogP contribution in [0.3, 0.4) is 0 Å². The van der Waals surface area contributed by atoms with E-state index in [9.17, 15) is 4.79 Å². The van der Waals surface area contributed by atoms with E-state index in [-0.39, 0.29) is 6.09 Å². The maximum absolute atomic E-state index is 12.6. The molecule has 0 N–H and O–H groups in total. The summed E-state index contributed by atoms with van der Waals surface area (Å²) in [7, 11) is 0. The molecule has 134 valence electrons. The predicted octanol–water partition coefficient (Wildman–Crippen LogP) is 5.81. The Morgan fingerprint density at radius 3 is 2.58 bits per heavy atom. The summed E-state index contributed by atoms with van der Waals surface area (Å²) in [6.07, 6.45) is 7.05. The fraction of sp³-hybridized carbons (Fsp3) is 0.650. The van der Waals surface area contributed by atoms with E-state index in [4.69, 9.17) is 4.74 Å². The third kappa shape index (κ3) is 6.84. The van der Waals surface area contributed by atoms with E-state index in [0.29, 0.717) is 12.5 Å². The van der Waals surface area contributed by atoms with E-state index in [1.807, 2.05) is 37.8 Å². The maximum Gasteiger partial charge on any atom is 0.410 e. The lowest BCUT2D eigenvalue weighted by Gasteiger charge is -2.31. The zero-order valence-corrected chi connectivity index (χ0v) is 16.8. The normalized spacial score (nSPS) is 16.0. The average Bonchev–Trinajstić information content (AvgIpc) is 2.50. The van der Waals surface area contributed by atoms with Gasteiger partial charge in [0, 0.05) is 17.6 Å². The number of hydrogen-bond acceptors (Lipinski definition) is 2. The van der Waals surface area contributed by atoms with Crippen LogP contribution < -0.4 is 0 Å². The van der Waals surface area contributed by atoms with Crippen LogP contribution in [0.5, 0.6) is 0 Å². The fourth-order valence-electron chi connectivity index (χ4n) is 3.22. The third-order valence-corrected chi connectivity index (χ3v) is 4.91. The molecule has 0 saturated heterocycles. The average molecular weight is 396 g/mol. The largest absolute Gasteiger partial charge is 0.444 e. The molecule has 0 heterocycles. The Bertz CT molecular complexity index is 533. The van der Waals surface area contributed by atoms with Crippen LogP contribution in [0.4, 0.5) is 4.79 Å². The highest BCUT2D eigenvalue weighted by Gasteiger charge is 2.25. The van der Waals surface area contributed by atoms with Crippen LogP contribution in [0.2, 0.25) is 0 Å². The molecule has 3 nitrogen and oxygen atoms in total. The smallest absolute Gasteiger partial charge is 0.410 e. The van der Waals surface area contributed by atoms with Crippen molar-refractivity contribution in [1.29, 1.82) is 0 Å². The van der Waals surface area contributed by atoms with Gasteiger partial charge < -0.3 is 9.64 Å². The van der Waals surface area contributed by atoms with Gasteiger partial charge in [-0.1, -0.05) is 47.3 Å². The lowest BCUT2D eigenvalue weighted by Crippen LogP contribution is -2.41. The van der Waals surface area contributed by atoms with Crippen molar-refractivity contribution in [2.24, 2.45) is 5.92 Å². The van der Waals surface area contributed by atoms with Gasteiger partial charge in [0.2, 0.25) is 0 Å². The van der Waals surface area contributed by atoms with Crippen LogP contribution >= 0.6 is 15.9 Å². The SMILES string of the molecule is CC(C)(C)OC(=O)N(CCc1cccc(Br)c1)CC1CCCCC1. The van der Waals surface area contributed by atoms with Crippen LogP contribution in [0.15, 0.2) is 28.7 Å². The summed E-state index contributed by atoms with van der Waals surface area (Å²) in [5.74, 6) is 0.619. The zero-order chi connectivity index (χ0) is 17.6. The van der Waals surface area contributed by atoms with Gasteiger partial charge in [-0.3, -0.25) is 0 Å². The van der Waals surface area contributed by atoms with E-state index < -0.39 is 5.60 Å². The number of ether oxygens (including phenoxy) is 1. The Kier molecular flexibility index (Phi) is 7.15. The molecule has 1 aliphatic rings. The molecule has 1 aliphatic carbocycles. The lowest BCUT2D eigenvalue weighted by molar-refractivity contribution is 0.0210. The van der Waals surface area contributed by atoms with Crippen LogP contribution in [0.1, 0.15) is 58.4 Å². The van der Waals surface area contributed by atoms with E-state index in [0.717, 1.165) is 17.4 Å². The monoisotopic (exact) mass is 395 g/mol. The summed E-state index contributed by atoms with van der Waals surface area (Å²) < 4.78 is 6.71. The van der Waals surface area contributed by atoms with Crippen LogP contribution in [0.25, 0.3) is 0 Å². The molecule has 0 aliphatic heterocycles. The van der Waals surface area contributed by atoms with Crippen molar-refractivity contribution in [3.05, 3.63) is 34.3 Å². The summed E-state index contributed by atoms with van der Waals surface area (Å²) >= 11 is 3.51. The highest BCUT2D eigenvalue weighted by molar-refractivity contribution is 9.10. The van der Waals surface area contributed by atoms with Gasteiger partial charge in [-0.2, -0.15) is 0 Å². The number of nitrogens with zero attached hydrogens (tertiary/aromatic N) is 1. The Labute approximate surface area is 154 Å². The van der Waals surface area contributed by atoms with Crippen LogP contribution in [-0.4, -0.2) is 29.7 Å². The van der Waals surface area contributed by atoms with E-state index in [2.05, 4.69) is 28.1 Å². The lowest BCUT2D eigenvalue weighted by atomic mass is 9.89. The molecule has 1 amide bonds. The first-order chi connectivity index (χ1) is 11.3. The van der Waals surface area contributed by atoms with Crippen molar-refractivity contribution >= 4 is 22.0 Å². The predicted molar refractivity (Wildman–Crippen MR) is 102 cm³/mol. The molecule has 2 rings (SSSR count). The second-order valence-electron chi connectivity index (χ2n) is 7.81. The highest BCUT2D eigenvalue weighted by Crippen LogP contribution is 2.25. The standard InChI is InChI=1S/C20H30BrNO2/c1-20(2,3)24-19(23)22(15-17-8-5-4-6-9-17)13-12-16-10-7-11-18(21)14-16/h7,10-11,14,17H,4-6,8-9,12-13,15H2,1-3H3. The molecular formula is C20H30BrNO2. The number of amides is 1. The number of halogens is 1. The van der Waals surface area contributed by atoms with E-state index >= 15 is 0 Å². The summed E-state index contributed by atoms with van der Waals surface area (Å²) in [5.41, 5.74) is 0.791. The van der Waals surface area contributed by atoms with Crippen LogP contribution in [0, 0.1) is 5.92 Å². The van der Waals surface area contributed by atoms with E-state index in [1.165, 1.54) is 37.7 Å². The maximum atomic E-state index is 12.6. The number of carbonyl (C=O) groups is 1. The van der Waals surface area contributed by atoms with Crippen molar-refractivity contribution in [2.45, 2.75) is 64.9 Å². The zero-order valence-electron chi connectivity index (χ0n) is 15.2. The van der Waals surface area contributed by atoms with Crippen molar-refractivity contribution < 1.29 is 9.53 Å². The first-order valence-corrected chi connectivity index (χ1v) is 9.85. The van der Waals surface area contributed by atoms with Gasteiger partial charge >= 0.3 is 6.09 Å². The first kappa shape index (κ1) is 19.3. The molecule has 1 fully saturated rings. The molecule has 0 radical (unpaired) electrons. The minimum Gasteiger partial charge on any atom is -0.444 e. The molecule has 0 spiro atoms. The minimum absolute atomic E-state index is 0.178. The topological polar surface area (TPSA) is 29.5 Å². The molecule has 0 unspecified atom stereocenters. The molecule has 1 saturated carbocycles. The van der Waals surface area contributed by atoms with Crippen molar-refractivity contribution in [3.8, 4) is 0 Å². The molecule has 0 atom stereocenters. The van der Waals surface area contributed by atoms with Gasteiger partial charge in [-0.15, -0.1) is 0 Å². The summed E-state index contributed by atoms with van der Waals surface area (Å²) in [6.45, 7) is 7.32. The fourth-order valence-corrected chi connectivity index (χ4v) is 3.67. The van der Waals surface area contributed by atoms with Gasteiger partial charge in [0.15, 0.2) is 0 Å². The molecule has 0 aromatic heterocycles. The van der Waals surface area contributed by atoms with Crippen molar-refractivity contribution in [3.63, 3.8) is 0 Å². The second-order valence-corrected chi connectivity index (χ2v) is 8.73. The third-order valence-electron chi connectivity index (χ3n) is 4.41. The van der Waals surface area contributed by atoms with E-state index in [1.54, 1.807) is 0 Å². The van der Waals surface area contributed by atoms with Gasteiger partial charge in [0.1, 0.15) is 5.60 Å². The van der Waals surface area contributed by atoms with Crippen molar-refractivity contribution in [1.82, 2.24) is 4.90 Å². The molecular weight excluding hydrogens is 366 g/mol. The summed E-state index contributed by atoms with van der Waals surface area (Å²) in [4.78, 5) is 14.5. The quantitative estimate of drug-likeness (QED) is 0.629. The Morgan fingerprint density at radius 2 is 1.96 bits per heavy atom. The number of hydrogen-bond donors (Lipinski definition) is 0. The van der Waals surface area contributed by atoms with Gasteiger partial charge in [0.25, 0.3) is 0 Å². The van der Waals surface area contributed by atoms with Crippen molar-refractivity contribution in [2.75, 3.05) is 13.1 Å². The minimum atomic E-state index is -0.447. The second kappa shape index (κ2) is 8.89. The van der Waals surface area contributed by atoms with Gasteiger partial charge in [0.05, 0.1) is 0 Å². The Hall–Kier alpha value is -1.03. The number of rotatable bonds is 5. The Balaban J connectivity index is 1.99. The highest BCUT2D eigenvalue weighted by atomic mass is 79.9. The molecule has 24 heavy (non-hydrogen) atoms. The molecule has 1 aromatic carbocycles. The summed E-state index contributed by atoms with van der Waals surface area (Å²) in [5, 5.41) is 0. The molecule has 0 bridgehead atoms. The van der Waals surface area contributed by atoms with Crippen LogP contribution in [-0.2, 0) is 11.2 Å². The Morgan fingerprint density at radius 1 is 1.25 bits per heavy atom. The van der Waals surface area contributed by atoms with Gasteiger partial charge in [-0.05, 0) is 63.6 Å². The molecule has 4 heteroatoms. The first-order valence-electron chi connectivity index (χ1n) is 9.06. The number of benzene rings is 1. The number of carbonyl (C=O) groups excluding carboxylic acids is 1. The summed E-state index contributed by atoms with van der Waals surface area (Å²) in [6, 6.07) is 8.29. The van der Waals surface area contributed by atoms with Gasteiger partial charge in [-0.25, -0.2) is 4.79 Å².